The second-order valence-electron chi connectivity index (χ2n) is 3.43. The Labute approximate surface area is 84.9 Å². The topological polar surface area (TPSA) is 26.0 Å². The molecule has 0 bridgehead atoms. The molecule has 0 heterocycles. The van der Waals surface area contributed by atoms with E-state index in [1.807, 2.05) is 0 Å². The van der Waals surface area contributed by atoms with Crippen molar-refractivity contribution in [3.8, 4) is 0 Å². The van der Waals surface area contributed by atoms with Crippen molar-refractivity contribution in [3.63, 3.8) is 0 Å². The van der Waals surface area contributed by atoms with Gasteiger partial charge in [0.15, 0.2) is 0 Å². The van der Waals surface area contributed by atoms with E-state index in [-0.39, 0.29) is 5.56 Å². The number of alkyl halides is 3. The molecule has 84 valence electrons. The summed E-state index contributed by atoms with van der Waals surface area (Å²) in [7, 11) is 0. The Morgan fingerprint density at radius 2 is 1.93 bits per heavy atom. The average molecular weight is 221 g/mol. The zero-order valence-electron chi connectivity index (χ0n) is 8.11. The Morgan fingerprint density at radius 1 is 1.33 bits per heavy atom. The van der Waals surface area contributed by atoms with E-state index in [4.69, 9.17) is 5.73 Å². The van der Waals surface area contributed by atoms with Gasteiger partial charge in [0.1, 0.15) is 5.82 Å². The molecule has 0 fully saturated rings. The lowest BCUT2D eigenvalue weighted by Gasteiger charge is -2.14. The second kappa shape index (κ2) is 4.18. The molecule has 0 aliphatic rings. The highest BCUT2D eigenvalue weighted by molar-refractivity contribution is 5.25. The van der Waals surface area contributed by atoms with E-state index < -0.39 is 24.5 Å². The third-order valence-electron chi connectivity index (χ3n) is 2.08. The molecular weight excluding hydrogens is 210 g/mol. The highest BCUT2D eigenvalue weighted by atomic mass is 19.4. The predicted octanol–water partition coefficient (Wildman–Crippen LogP) is 3.09. The molecule has 1 aromatic carbocycles. The van der Waals surface area contributed by atoms with Crippen molar-refractivity contribution in [2.75, 3.05) is 0 Å². The molecule has 0 unspecified atom stereocenters. The standard InChI is InChI=1S/C10H11F4N/c1-6-2-3-7(4-8(6)11)9(15)5-10(12,13)14/h2-4,9H,5,15H2,1H3/t9-/m1/s1. The van der Waals surface area contributed by atoms with E-state index in [0.717, 1.165) is 6.07 Å². The molecule has 0 amide bonds. The van der Waals surface area contributed by atoms with E-state index in [9.17, 15) is 17.6 Å². The summed E-state index contributed by atoms with van der Waals surface area (Å²) >= 11 is 0. The highest BCUT2D eigenvalue weighted by Gasteiger charge is 2.31. The molecule has 1 atom stereocenters. The summed E-state index contributed by atoms with van der Waals surface area (Å²) in [5, 5.41) is 0. The van der Waals surface area contributed by atoms with Gasteiger partial charge in [-0.1, -0.05) is 12.1 Å². The Bertz CT molecular complexity index is 346. The van der Waals surface area contributed by atoms with Crippen molar-refractivity contribution < 1.29 is 17.6 Å². The minimum Gasteiger partial charge on any atom is -0.324 e. The molecule has 1 aromatic rings. The summed E-state index contributed by atoms with van der Waals surface area (Å²) in [6.07, 6.45) is -5.48. The van der Waals surface area contributed by atoms with E-state index in [2.05, 4.69) is 0 Å². The van der Waals surface area contributed by atoms with Gasteiger partial charge < -0.3 is 5.73 Å². The van der Waals surface area contributed by atoms with Crippen LogP contribution >= 0.6 is 0 Å². The summed E-state index contributed by atoms with van der Waals surface area (Å²) < 4.78 is 49.0. The fourth-order valence-electron chi connectivity index (χ4n) is 1.21. The lowest BCUT2D eigenvalue weighted by molar-refractivity contribution is -0.138. The minimum atomic E-state index is -4.33. The van der Waals surface area contributed by atoms with Crippen LogP contribution in [-0.2, 0) is 0 Å². The summed E-state index contributed by atoms with van der Waals surface area (Å²) in [6.45, 7) is 1.54. The Balaban J connectivity index is 2.83. The predicted molar refractivity (Wildman–Crippen MR) is 48.7 cm³/mol. The van der Waals surface area contributed by atoms with Crippen LogP contribution in [0.3, 0.4) is 0 Å². The number of halogens is 4. The zero-order valence-corrected chi connectivity index (χ0v) is 8.11. The molecule has 1 rings (SSSR count). The first-order valence-electron chi connectivity index (χ1n) is 4.38. The summed E-state index contributed by atoms with van der Waals surface area (Å²) in [6, 6.07) is 2.67. The maximum absolute atomic E-state index is 13.0. The largest absolute Gasteiger partial charge is 0.390 e. The number of rotatable bonds is 2. The number of hydrogen-bond donors (Lipinski definition) is 1. The smallest absolute Gasteiger partial charge is 0.324 e. The van der Waals surface area contributed by atoms with Gasteiger partial charge in [0.2, 0.25) is 0 Å². The molecule has 0 saturated heterocycles. The van der Waals surface area contributed by atoms with Gasteiger partial charge in [-0.05, 0) is 24.1 Å². The summed E-state index contributed by atoms with van der Waals surface area (Å²) in [5.74, 6) is -0.537. The van der Waals surface area contributed by atoms with Gasteiger partial charge in [-0.2, -0.15) is 13.2 Å². The fourth-order valence-corrected chi connectivity index (χ4v) is 1.21. The van der Waals surface area contributed by atoms with Crippen LogP contribution in [0.4, 0.5) is 17.6 Å². The van der Waals surface area contributed by atoms with Crippen molar-refractivity contribution in [1.29, 1.82) is 0 Å². The van der Waals surface area contributed by atoms with Gasteiger partial charge in [-0.3, -0.25) is 0 Å². The number of nitrogens with two attached hydrogens (primary N) is 1. The molecule has 0 radical (unpaired) electrons. The molecule has 15 heavy (non-hydrogen) atoms. The molecule has 0 saturated carbocycles. The fraction of sp³-hybridized carbons (Fsp3) is 0.400. The molecule has 0 aromatic heterocycles. The van der Waals surface area contributed by atoms with Crippen molar-refractivity contribution in [3.05, 3.63) is 35.1 Å². The minimum absolute atomic E-state index is 0.162. The first-order chi connectivity index (χ1) is 6.79. The van der Waals surface area contributed by atoms with Crippen LogP contribution in [0.2, 0.25) is 0 Å². The van der Waals surface area contributed by atoms with Crippen LogP contribution in [0.15, 0.2) is 18.2 Å². The van der Waals surface area contributed by atoms with Crippen LogP contribution < -0.4 is 5.73 Å². The van der Waals surface area contributed by atoms with Gasteiger partial charge in [0.25, 0.3) is 0 Å². The van der Waals surface area contributed by atoms with Crippen LogP contribution in [-0.4, -0.2) is 6.18 Å². The van der Waals surface area contributed by atoms with E-state index in [0.29, 0.717) is 5.56 Å². The Kier molecular flexibility index (Phi) is 3.34. The number of benzene rings is 1. The molecule has 0 aliphatic heterocycles. The normalized spacial score (nSPS) is 14.0. The highest BCUT2D eigenvalue weighted by Crippen LogP contribution is 2.28. The lowest BCUT2D eigenvalue weighted by Crippen LogP contribution is -2.20. The van der Waals surface area contributed by atoms with Crippen molar-refractivity contribution >= 4 is 0 Å². The molecule has 5 heteroatoms. The van der Waals surface area contributed by atoms with Crippen molar-refractivity contribution in [1.82, 2.24) is 0 Å². The van der Waals surface area contributed by atoms with E-state index >= 15 is 0 Å². The molecule has 2 N–H and O–H groups in total. The van der Waals surface area contributed by atoms with E-state index in [1.165, 1.54) is 19.1 Å². The second-order valence-corrected chi connectivity index (χ2v) is 3.43. The number of hydrogen-bond acceptors (Lipinski definition) is 1. The van der Waals surface area contributed by atoms with Crippen LogP contribution in [0.1, 0.15) is 23.6 Å². The van der Waals surface area contributed by atoms with Crippen LogP contribution in [0.25, 0.3) is 0 Å². The van der Waals surface area contributed by atoms with Crippen molar-refractivity contribution in [2.24, 2.45) is 5.73 Å². The quantitative estimate of drug-likeness (QED) is 0.763. The Hall–Kier alpha value is -1.10. The lowest BCUT2D eigenvalue weighted by atomic mass is 10.0. The Morgan fingerprint density at radius 3 is 2.40 bits per heavy atom. The third kappa shape index (κ3) is 3.51. The van der Waals surface area contributed by atoms with Gasteiger partial charge in [-0.15, -0.1) is 0 Å². The van der Waals surface area contributed by atoms with Gasteiger partial charge >= 0.3 is 6.18 Å². The first kappa shape index (κ1) is 12.0. The van der Waals surface area contributed by atoms with Gasteiger partial charge in [-0.25, -0.2) is 4.39 Å². The van der Waals surface area contributed by atoms with Gasteiger partial charge in [0.05, 0.1) is 6.42 Å². The molecule has 0 aliphatic carbocycles. The van der Waals surface area contributed by atoms with Crippen LogP contribution in [0.5, 0.6) is 0 Å². The molecule has 1 nitrogen and oxygen atoms in total. The molecule has 0 spiro atoms. The third-order valence-corrected chi connectivity index (χ3v) is 2.08. The SMILES string of the molecule is Cc1ccc([C@H](N)CC(F)(F)F)cc1F. The maximum atomic E-state index is 13.0. The zero-order chi connectivity index (χ0) is 11.6. The molecular formula is C10H11F4N. The van der Waals surface area contributed by atoms with Gasteiger partial charge in [0, 0.05) is 6.04 Å². The average Bonchev–Trinajstić information content (AvgIpc) is 2.06. The first-order valence-corrected chi connectivity index (χ1v) is 4.38. The summed E-state index contributed by atoms with van der Waals surface area (Å²) in [4.78, 5) is 0. The monoisotopic (exact) mass is 221 g/mol. The number of aryl methyl sites for hydroxylation is 1. The summed E-state index contributed by atoms with van der Waals surface area (Å²) in [5.41, 5.74) is 5.86. The van der Waals surface area contributed by atoms with Crippen molar-refractivity contribution in [2.45, 2.75) is 25.6 Å². The van der Waals surface area contributed by atoms with Crippen LogP contribution in [0, 0.1) is 12.7 Å². The maximum Gasteiger partial charge on any atom is 0.390 e. The van der Waals surface area contributed by atoms with E-state index in [1.54, 1.807) is 0 Å².